The summed E-state index contributed by atoms with van der Waals surface area (Å²) in [4.78, 5) is 4.55. The van der Waals surface area contributed by atoms with Gasteiger partial charge in [0.15, 0.2) is 0 Å². The second kappa shape index (κ2) is 5.18. The molecule has 0 aliphatic heterocycles. The third-order valence-electron chi connectivity index (χ3n) is 4.15. The maximum Gasteiger partial charge on any atom is 0.232 e. The first-order valence-electron chi connectivity index (χ1n) is 7.13. The van der Waals surface area contributed by atoms with Crippen molar-refractivity contribution >= 4 is 0 Å². The lowest BCUT2D eigenvalue weighted by atomic mass is 9.93. The molecule has 1 heterocycles. The molecule has 1 saturated carbocycles. The molecule has 0 aromatic carbocycles. The number of nitriles is 1. The van der Waals surface area contributed by atoms with Crippen molar-refractivity contribution in [1.29, 1.82) is 5.26 Å². The lowest BCUT2D eigenvalue weighted by Gasteiger charge is -2.29. The zero-order valence-corrected chi connectivity index (χ0v) is 11.1. The van der Waals surface area contributed by atoms with Crippen molar-refractivity contribution in [3.63, 3.8) is 0 Å². The lowest BCUT2D eigenvalue weighted by Crippen LogP contribution is -2.41. The Labute approximate surface area is 113 Å². The second-order valence-corrected chi connectivity index (χ2v) is 5.52. The highest BCUT2D eigenvalue weighted by atomic mass is 16.5. The van der Waals surface area contributed by atoms with Gasteiger partial charge in [0.1, 0.15) is 17.7 Å². The molecule has 2 aliphatic rings. The lowest BCUT2D eigenvalue weighted by molar-refractivity contribution is 0.126. The molecule has 0 saturated heterocycles. The number of hydrogen-bond acceptors (Lipinski definition) is 4. The Bertz CT molecular complexity index is 521. The Hall–Kier alpha value is -1.60. The van der Waals surface area contributed by atoms with E-state index in [0.29, 0.717) is 11.4 Å². The van der Waals surface area contributed by atoms with Crippen LogP contribution in [0.4, 0.5) is 0 Å². The quantitative estimate of drug-likeness (QED) is 0.880. The molecule has 19 heavy (non-hydrogen) atoms. The van der Waals surface area contributed by atoms with Gasteiger partial charge in [0, 0.05) is 11.7 Å². The standard InChI is InChI=1S/C15H19N3O/c16-9-11-8-10-4-3-6-13(10)18-15(11)19-14-7-2-1-5-12(14)17/h8,12,14H,1-7,17H2. The van der Waals surface area contributed by atoms with Gasteiger partial charge >= 0.3 is 0 Å². The first kappa shape index (κ1) is 12.4. The summed E-state index contributed by atoms with van der Waals surface area (Å²) in [7, 11) is 0. The minimum Gasteiger partial charge on any atom is -0.472 e. The summed E-state index contributed by atoms with van der Waals surface area (Å²) in [5.74, 6) is 0.491. The van der Waals surface area contributed by atoms with Gasteiger partial charge in [-0.05, 0) is 50.2 Å². The Kier molecular flexibility index (Phi) is 3.39. The molecule has 1 fully saturated rings. The first-order chi connectivity index (χ1) is 9.28. The highest BCUT2D eigenvalue weighted by Gasteiger charge is 2.26. The minimum atomic E-state index is 0.00723. The van der Waals surface area contributed by atoms with Gasteiger partial charge in [-0.1, -0.05) is 6.42 Å². The van der Waals surface area contributed by atoms with Crippen LogP contribution in [-0.2, 0) is 12.8 Å². The number of nitrogens with two attached hydrogens (primary N) is 1. The second-order valence-electron chi connectivity index (χ2n) is 5.52. The van der Waals surface area contributed by atoms with E-state index in [0.717, 1.165) is 44.2 Å². The maximum absolute atomic E-state index is 9.24. The topological polar surface area (TPSA) is 71.9 Å². The fourth-order valence-corrected chi connectivity index (χ4v) is 3.04. The number of hydrogen-bond donors (Lipinski definition) is 1. The van der Waals surface area contributed by atoms with Crippen molar-refractivity contribution < 1.29 is 4.74 Å². The van der Waals surface area contributed by atoms with Crippen molar-refractivity contribution in [1.82, 2.24) is 4.98 Å². The third kappa shape index (κ3) is 2.43. The molecule has 1 aromatic rings. The van der Waals surface area contributed by atoms with Crippen LogP contribution in [0.25, 0.3) is 0 Å². The molecule has 0 bridgehead atoms. The molecule has 3 rings (SSSR count). The van der Waals surface area contributed by atoms with Gasteiger partial charge < -0.3 is 10.5 Å². The van der Waals surface area contributed by atoms with Gasteiger partial charge in [0.25, 0.3) is 0 Å². The van der Waals surface area contributed by atoms with Gasteiger partial charge in [-0.15, -0.1) is 0 Å². The molecule has 4 nitrogen and oxygen atoms in total. The summed E-state index contributed by atoms with van der Waals surface area (Å²) in [6, 6.07) is 4.21. The highest BCUT2D eigenvalue weighted by molar-refractivity contribution is 5.44. The molecule has 4 heteroatoms. The van der Waals surface area contributed by atoms with Crippen LogP contribution in [0.2, 0.25) is 0 Å². The summed E-state index contributed by atoms with van der Waals surface area (Å²) in [5.41, 5.74) is 8.95. The molecular weight excluding hydrogens is 238 g/mol. The molecule has 2 unspecified atom stereocenters. The molecule has 2 aliphatic carbocycles. The summed E-state index contributed by atoms with van der Waals surface area (Å²) in [5, 5.41) is 9.24. The number of ether oxygens (including phenoxy) is 1. The zero-order chi connectivity index (χ0) is 13.2. The number of pyridine rings is 1. The monoisotopic (exact) mass is 257 g/mol. The van der Waals surface area contributed by atoms with Crippen LogP contribution < -0.4 is 10.5 Å². The first-order valence-corrected chi connectivity index (χ1v) is 7.13. The van der Waals surface area contributed by atoms with Crippen LogP contribution in [-0.4, -0.2) is 17.1 Å². The maximum atomic E-state index is 9.24. The largest absolute Gasteiger partial charge is 0.472 e. The SMILES string of the molecule is N#Cc1cc2c(nc1OC1CCCCC1N)CCC2. The molecule has 1 aromatic heterocycles. The van der Waals surface area contributed by atoms with E-state index < -0.39 is 0 Å². The van der Waals surface area contributed by atoms with Gasteiger partial charge in [0.2, 0.25) is 5.88 Å². The van der Waals surface area contributed by atoms with E-state index >= 15 is 0 Å². The van der Waals surface area contributed by atoms with Crippen molar-refractivity contribution in [3.8, 4) is 11.9 Å². The number of fused-ring (bicyclic) bond motifs is 1. The molecule has 2 atom stereocenters. The number of aromatic nitrogens is 1. The zero-order valence-electron chi connectivity index (χ0n) is 11.1. The Morgan fingerprint density at radius 3 is 2.89 bits per heavy atom. The van der Waals surface area contributed by atoms with E-state index in [2.05, 4.69) is 11.1 Å². The molecule has 0 amide bonds. The number of aryl methyl sites for hydroxylation is 2. The predicted octanol–water partition coefficient (Wildman–Crippen LogP) is 2.09. The van der Waals surface area contributed by atoms with Crippen molar-refractivity contribution in [2.75, 3.05) is 0 Å². The highest BCUT2D eigenvalue weighted by Crippen LogP contribution is 2.29. The molecular formula is C15H19N3O. The normalized spacial score (nSPS) is 25.7. The predicted molar refractivity (Wildman–Crippen MR) is 71.8 cm³/mol. The molecule has 100 valence electrons. The average molecular weight is 257 g/mol. The van der Waals surface area contributed by atoms with E-state index in [1.165, 1.54) is 12.0 Å². The van der Waals surface area contributed by atoms with Gasteiger partial charge in [-0.2, -0.15) is 5.26 Å². The van der Waals surface area contributed by atoms with Crippen LogP contribution in [0.3, 0.4) is 0 Å². The van der Waals surface area contributed by atoms with Crippen LogP contribution in [0.5, 0.6) is 5.88 Å². The van der Waals surface area contributed by atoms with Crippen molar-refractivity contribution in [2.45, 2.75) is 57.1 Å². The Morgan fingerprint density at radius 1 is 1.26 bits per heavy atom. The summed E-state index contributed by atoms with van der Waals surface area (Å²) in [6.07, 6.45) is 7.43. The molecule has 2 N–H and O–H groups in total. The van der Waals surface area contributed by atoms with Gasteiger partial charge in [-0.3, -0.25) is 0 Å². The Balaban J connectivity index is 1.85. The molecule has 0 radical (unpaired) electrons. The van der Waals surface area contributed by atoms with E-state index in [1.54, 1.807) is 0 Å². The van der Waals surface area contributed by atoms with Crippen LogP contribution in [0.1, 0.15) is 48.9 Å². The van der Waals surface area contributed by atoms with E-state index in [1.807, 2.05) is 6.07 Å². The number of nitrogens with zero attached hydrogens (tertiary/aromatic N) is 2. The smallest absolute Gasteiger partial charge is 0.232 e. The van der Waals surface area contributed by atoms with Gasteiger partial charge in [-0.25, -0.2) is 4.98 Å². The molecule has 0 spiro atoms. The number of rotatable bonds is 2. The van der Waals surface area contributed by atoms with Crippen molar-refractivity contribution in [3.05, 3.63) is 22.9 Å². The van der Waals surface area contributed by atoms with E-state index in [9.17, 15) is 5.26 Å². The minimum absolute atomic E-state index is 0.00723. The Morgan fingerprint density at radius 2 is 2.11 bits per heavy atom. The van der Waals surface area contributed by atoms with Crippen LogP contribution in [0, 0.1) is 11.3 Å². The average Bonchev–Trinajstić information content (AvgIpc) is 2.87. The van der Waals surface area contributed by atoms with Gasteiger partial charge in [0.05, 0.1) is 0 Å². The van der Waals surface area contributed by atoms with Crippen molar-refractivity contribution in [2.24, 2.45) is 5.73 Å². The van der Waals surface area contributed by atoms with E-state index in [-0.39, 0.29) is 12.1 Å². The van der Waals surface area contributed by atoms with E-state index in [4.69, 9.17) is 10.5 Å². The van der Waals surface area contributed by atoms with Crippen LogP contribution in [0.15, 0.2) is 6.07 Å². The summed E-state index contributed by atoms with van der Waals surface area (Å²) < 4.78 is 5.96. The summed E-state index contributed by atoms with van der Waals surface area (Å²) >= 11 is 0. The summed E-state index contributed by atoms with van der Waals surface area (Å²) in [6.45, 7) is 0. The van der Waals surface area contributed by atoms with Crippen LogP contribution >= 0.6 is 0 Å². The third-order valence-corrected chi connectivity index (χ3v) is 4.15. The fraction of sp³-hybridized carbons (Fsp3) is 0.600. The fourth-order valence-electron chi connectivity index (χ4n) is 3.04.